The largest absolute Gasteiger partial charge is 0.341 e. The Morgan fingerprint density at radius 3 is 3.15 bits per heavy atom. The number of nitrogens with two attached hydrogens (primary N) is 1. The summed E-state index contributed by atoms with van der Waals surface area (Å²) in [4.78, 5) is 8.69. The van der Waals surface area contributed by atoms with Crippen molar-refractivity contribution in [2.24, 2.45) is 5.73 Å². The molecule has 0 atom stereocenters. The van der Waals surface area contributed by atoms with Crippen LogP contribution in [0.5, 0.6) is 0 Å². The summed E-state index contributed by atoms with van der Waals surface area (Å²) >= 11 is 1.70. The predicted molar refractivity (Wildman–Crippen MR) is 54.7 cm³/mol. The maximum Gasteiger partial charge on any atom is 0.107 e. The molecule has 4 heteroatoms. The molecule has 0 fully saturated rings. The molecule has 3 nitrogen and oxygen atoms in total. The van der Waals surface area contributed by atoms with E-state index in [0.29, 0.717) is 6.54 Å². The van der Waals surface area contributed by atoms with E-state index in [9.17, 15) is 0 Å². The first-order chi connectivity index (χ1) is 6.40. The first-order valence-corrected chi connectivity index (χ1v) is 5.06. The highest BCUT2D eigenvalue weighted by atomic mass is 32.1. The zero-order chi connectivity index (χ0) is 9.10. The normalized spacial score (nSPS) is 10.5. The molecule has 2 aromatic heterocycles. The van der Waals surface area contributed by atoms with Crippen LogP contribution in [0.15, 0.2) is 23.7 Å². The van der Waals surface area contributed by atoms with Crippen molar-refractivity contribution in [3.8, 4) is 10.6 Å². The molecule has 0 unspecified atom stereocenters. The molecule has 0 radical (unpaired) electrons. The van der Waals surface area contributed by atoms with Crippen molar-refractivity contribution in [3.05, 3.63) is 29.5 Å². The molecule has 2 rings (SSSR count). The number of thiophene rings is 1. The van der Waals surface area contributed by atoms with Crippen molar-refractivity contribution in [2.75, 3.05) is 6.54 Å². The van der Waals surface area contributed by atoms with Crippen LogP contribution in [0.4, 0.5) is 0 Å². The second-order valence-corrected chi connectivity index (χ2v) is 3.71. The zero-order valence-electron chi connectivity index (χ0n) is 7.16. The molecule has 0 spiro atoms. The third kappa shape index (κ3) is 1.79. The van der Waals surface area contributed by atoms with Crippen molar-refractivity contribution < 1.29 is 0 Å². The summed E-state index contributed by atoms with van der Waals surface area (Å²) in [6.07, 6.45) is 2.67. The van der Waals surface area contributed by atoms with Gasteiger partial charge in [0.15, 0.2) is 0 Å². The van der Waals surface area contributed by atoms with E-state index >= 15 is 0 Å². The topological polar surface area (TPSA) is 54.7 Å². The van der Waals surface area contributed by atoms with E-state index in [4.69, 9.17) is 5.73 Å². The summed E-state index contributed by atoms with van der Waals surface area (Å²) < 4.78 is 0. The van der Waals surface area contributed by atoms with Crippen LogP contribution < -0.4 is 5.73 Å². The Kier molecular flexibility index (Phi) is 2.42. The standard InChI is InChI=1S/C9H11N3S/c10-4-3-9-11-6-7(12-9)8-2-1-5-13-8/h1-2,5-6H,3-4,10H2,(H,11,12). The van der Waals surface area contributed by atoms with Crippen molar-refractivity contribution in [3.63, 3.8) is 0 Å². The van der Waals surface area contributed by atoms with Gasteiger partial charge in [-0.2, -0.15) is 0 Å². The first-order valence-electron chi connectivity index (χ1n) is 4.18. The van der Waals surface area contributed by atoms with Crippen LogP contribution in [0.1, 0.15) is 5.82 Å². The second kappa shape index (κ2) is 3.72. The summed E-state index contributed by atoms with van der Waals surface area (Å²) in [5.74, 6) is 0.964. The fraction of sp³-hybridized carbons (Fsp3) is 0.222. The third-order valence-electron chi connectivity index (χ3n) is 1.80. The highest BCUT2D eigenvalue weighted by Crippen LogP contribution is 2.22. The molecule has 0 aliphatic carbocycles. The number of imidazole rings is 1. The smallest absolute Gasteiger partial charge is 0.107 e. The van der Waals surface area contributed by atoms with Crippen LogP contribution in [0, 0.1) is 0 Å². The fourth-order valence-corrected chi connectivity index (χ4v) is 1.87. The lowest BCUT2D eigenvalue weighted by molar-refractivity contribution is 0.895. The summed E-state index contributed by atoms with van der Waals surface area (Å²) in [6, 6.07) is 4.11. The minimum Gasteiger partial charge on any atom is -0.341 e. The van der Waals surface area contributed by atoms with E-state index in [1.807, 2.05) is 12.3 Å². The van der Waals surface area contributed by atoms with Gasteiger partial charge in [0.25, 0.3) is 0 Å². The average Bonchev–Trinajstić information content (AvgIpc) is 2.70. The van der Waals surface area contributed by atoms with E-state index < -0.39 is 0 Å². The van der Waals surface area contributed by atoms with Crippen LogP contribution >= 0.6 is 11.3 Å². The molecule has 0 saturated heterocycles. The Morgan fingerprint density at radius 2 is 2.46 bits per heavy atom. The quantitative estimate of drug-likeness (QED) is 0.778. The lowest BCUT2D eigenvalue weighted by Gasteiger charge is -1.91. The zero-order valence-corrected chi connectivity index (χ0v) is 7.97. The summed E-state index contributed by atoms with van der Waals surface area (Å²) in [7, 11) is 0. The highest BCUT2D eigenvalue weighted by molar-refractivity contribution is 7.13. The number of hydrogen-bond acceptors (Lipinski definition) is 3. The van der Waals surface area contributed by atoms with Crippen LogP contribution in [0.2, 0.25) is 0 Å². The fourth-order valence-electron chi connectivity index (χ4n) is 1.18. The number of aromatic nitrogens is 2. The molecule has 2 aromatic rings. The SMILES string of the molecule is NCCc1ncc(-c2cccs2)[nH]1. The molecular weight excluding hydrogens is 182 g/mol. The van der Waals surface area contributed by atoms with Gasteiger partial charge in [-0.05, 0) is 18.0 Å². The number of H-pyrrole nitrogens is 1. The number of hydrogen-bond donors (Lipinski definition) is 2. The molecular formula is C9H11N3S. The third-order valence-corrected chi connectivity index (χ3v) is 2.70. The summed E-state index contributed by atoms with van der Waals surface area (Å²) in [6.45, 7) is 0.636. The van der Waals surface area contributed by atoms with Crippen LogP contribution in [0.3, 0.4) is 0 Å². The van der Waals surface area contributed by atoms with Gasteiger partial charge in [-0.3, -0.25) is 0 Å². The minimum absolute atomic E-state index is 0.636. The van der Waals surface area contributed by atoms with Crippen molar-refractivity contribution in [1.29, 1.82) is 0 Å². The Labute approximate surface area is 80.6 Å². The Hall–Kier alpha value is -1.13. The predicted octanol–water partition coefficient (Wildman–Crippen LogP) is 1.64. The Bertz CT molecular complexity index is 364. The van der Waals surface area contributed by atoms with Gasteiger partial charge in [-0.15, -0.1) is 11.3 Å². The maximum atomic E-state index is 5.43. The van der Waals surface area contributed by atoms with Gasteiger partial charge in [0, 0.05) is 6.42 Å². The van der Waals surface area contributed by atoms with E-state index in [1.54, 1.807) is 11.3 Å². The summed E-state index contributed by atoms with van der Waals surface area (Å²) in [5, 5.41) is 2.05. The van der Waals surface area contributed by atoms with E-state index in [1.165, 1.54) is 4.88 Å². The second-order valence-electron chi connectivity index (χ2n) is 2.76. The molecule has 0 saturated carbocycles. The van der Waals surface area contributed by atoms with Gasteiger partial charge in [-0.1, -0.05) is 6.07 Å². The van der Waals surface area contributed by atoms with Crippen LogP contribution in [-0.4, -0.2) is 16.5 Å². The van der Waals surface area contributed by atoms with Gasteiger partial charge >= 0.3 is 0 Å². The first kappa shape index (κ1) is 8.47. The van der Waals surface area contributed by atoms with Crippen molar-refractivity contribution in [2.45, 2.75) is 6.42 Å². The molecule has 2 heterocycles. The van der Waals surface area contributed by atoms with Gasteiger partial charge in [0.05, 0.1) is 16.8 Å². The average molecular weight is 193 g/mol. The number of aromatic amines is 1. The van der Waals surface area contributed by atoms with Crippen LogP contribution in [0.25, 0.3) is 10.6 Å². The molecule has 13 heavy (non-hydrogen) atoms. The highest BCUT2D eigenvalue weighted by Gasteiger charge is 2.02. The molecule has 0 aromatic carbocycles. The van der Waals surface area contributed by atoms with Gasteiger partial charge in [-0.25, -0.2) is 4.98 Å². The Morgan fingerprint density at radius 1 is 1.54 bits per heavy atom. The van der Waals surface area contributed by atoms with Gasteiger partial charge in [0.1, 0.15) is 5.82 Å². The van der Waals surface area contributed by atoms with Crippen molar-refractivity contribution >= 4 is 11.3 Å². The molecule has 68 valence electrons. The summed E-state index contributed by atoms with van der Waals surface area (Å²) in [5.41, 5.74) is 6.51. The molecule has 0 aliphatic rings. The number of nitrogens with zero attached hydrogens (tertiary/aromatic N) is 1. The van der Waals surface area contributed by atoms with E-state index in [-0.39, 0.29) is 0 Å². The van der Waals surface area contributed by atoms with Gasteiger partial charge in [0.2, 0.25) is 0 Å². The molecule has 0 aliphatic heterocycles. The Balaban J connectivity index is 2.23. The van der Waals surface area contributed by atoms with Gasteiger partial charge < -0.3 is 10.7 Å². The lowest BCUT2D eigenvalue weighted by atomic mass is 10.4. The minimum atomic E-state index is 0.636. The number of rotatable bonds is 3. The molecule has 3 N–H and O–H groups in total. The maximum absolute atomic E-state index is 5.43. The number of nitrogens with one attached hydrogen (secondary N) is 1. The van der Waals surface area contributed by atoms with E-state index in [0.717, 1.165) is 17.9 Å². The van der Waals surface area contributed by atoms with E-state index in [2.05, 4.69) is 21.4 Å². The lowest BCUT2D eigenvalue weighted by Crippen LogP contribution is -2.03. The van der Waals surface area contributed by atoms with Crippen LogP contribution in [-0.2, 0) is 6.42 Å². The monoisotopic (exact) mass is 193 g/mol. The molecule has 0 amide bonds. The molecule has 0 bridgehead atoms. The van der Waals surface area contributed by atoms with Crippen molar-refractivity contribution in [1.82, 2.24) is 9.97 Å².